The second-order valence-electron chi connectivity index (χ2n) is 4.49. The van der Waals surface area contributed by atoms with Gasteiger partial charge in [-0.3, -0.25) is 0 Å². The molecule has 0 amide bonds. The van der Waals surface area contributed by atoms with Crippen molar-refractivity contribution in [2.45, 2.75) is 6.92 Å². The minimum Gasteiger partial charge on any atom is -0.357 e. The molecular formula is C16H15N3. The molecule has 0 unspecified atom stereocenters. The summed E-state index contributed by atoms with van der Waals surface area (Å²) in [4.78, 5) is 8.89. The Morgan fingerprint density at radius 2 is 1.74 bits per heavy atom. The topological polar surface area (TPSA) is 37.8 Å². The summed E-state index contributed by atoms with van der Waals surface area (Å²) >= 11 is 0. The van der Waals surface area contributed by atoms with Crippen LogP contribution in [0.15, 0.2) is 48.5 Å². The fourth-order valence-electron chi connectivity index (χ4n) is 2.27. The largest absolute Gasteiger partial charge is 0.357 e. The standard InChI is InChI=1S/C16H15N3/c1-11-10-15(19-16(17-2)18-11)14-9-5-7-12-6-3-4-8-13(12)14/h3-10H,1-2H3,(H,17,18,19). The van der Waals surface area contributed by atoms with Crippen LogP contribution in [-0.2, 0) is 0 Å². The van der Waals surface area contributed by atoms with E-state index in [2.05, 4.69) is 57.7 Å². The molecule has 3 aromatic rings. The second-order valence-corrected chi connectivity index (χ2v) is 4.49. The SMILES string of the molecule is CNc1nc(C)cc(-c2cccc3ccccc23)n1. The van der Waals surface area contributed by atoms with E-state index in [0.717, 1.165) is 17.0 Å². The van der Waals surface area contributed by atoms with Crippen LogP contribution in [0, 0.1) is 6.92 Å². The Bertz CT molecular complexity index is 730. The first-order valence-electron chi connectivity index (χ1n) is 6.29. The number of aromatic nitrogens is 2. The lowest BCUT2D eigenvalue weighted by atomic mass is 10.0. The lowest BCUT2D eigenvalue weighted by Gasteiger charge is -2.08. The van der Waals surface area contributed by atoms with Gasteiger partial charge in [0.15, 0.2) is 0 Å². The highest BCUT2D eigenvalue weighted by Gasteiger charge is 2.07. The molecule has 1 aromatic heterocycles. The van der Waals surface area contributed by atoms with Gasteiger partial charge >= 0.3 is 0 Å². The van der Waals surface area contributed by atoms with E-state index in [0.29, 0.717) is 5.95 Å². The molecule has 0 saturated heterocycles. The Labute approximate surface area is 112 Å². The van der Waals surface area contributed by atoms with E-state index >= 15 is 0 Å². The Morgan fingerprint density at radius 3 is 2.58 bits per heavy atom. The van der Waals surface area contributed by atoms with E-state index in [1.807, 2.05) is 20.0 Å². The third kappa shape index (κ3) is 2.15. The maximum atomic E-state index is 4.55. The fraction of sp³-hybridized carbons (Fsp3) is 0.125. The monoisotopic (exact) mass is 249 g/mol. The average molecular weight is 249 g/mol. The number of hydrogen-bond acceptors (Lipinski definition) is 3. The molecule has 0 atom stereocenters. The summed E-state index contributed by atoms with van der Waals surface area (Å²) in [5.74, 6) is 0.655. The zero-order valence-electron chi connectivity index (χ0n) is 11.0. The van der Waals surface area contributed by atoms with Gasteiger partial charge in [0.25, 0.3) is 0 Å². The molecular weight excluding hydrogens is 234 g/mol. The van der Waals surface area contributed by atoms with Crippen molar-refractivity contribution in [1.29, 1.82) is 0 Å². The third-order valence-electron chi connectivity index (χ3n) is 3.14. The van der Waals surface area contributed by atoms with Crippen LogP contribution in [0.3, 0.4) is 0 Å². The number of anilines is 1. The molecule has 0 aliphatic rings. The smallest absolute Gasteiger partial charge is 0.223 e. The van der Waals surface area contributed by atoms with Gasteiger partial charge < -0.3 is 5.32 Å². The quantitative estimate of drug-likeness (QED) is 0.753. The number of nitrogens with one attached hydrogen (secondary N) is 1. The van der Waals surface area contributed by atoms with E-state index in [4.69, 9.17) is 0 Å². The molecule has 0 spiro atoms. The normalized spacial score (nSPS) is 10.6. The second kappa shape index (κ2) is 4.69. The van der Waals surface area contributed by atoms with Gasteiger partial charge in [-0.2, -0.15) is 0 Å². The van der Waals surface area contributed by atoms with Crippen LogP contribution in [0.2, 0.25) is 0 Å². The van der Waals surface area contributed by atoms with Gasteiger partial charge in [-0.25, -0.2) is 9.97 Å². The van der Waals surface area contributed by atoms with Crippen molar-refractivity contribution in [2.24, 2.45) is 0 Å². The first-order chi connectivity index (χ1) is 9.28. The minimum absolute atomic E-state index is 0.655. The number of fused-ring (bicyclic) bond motifs is 1. The van der Waals surface area contributed by atoms with Gasteiger partial charge in [-0.1, -0.05) is 42.5 Å². The van der Waals surface area contributed by atoms with Crippen LogP contribution >= 0.6 is 0 Å². The van der Waals surface area contributed by atoms with E-state index in [-0.39, 0.29) is 0 Å². The molecule has 1 N–H and O–H groups in total. The van der Waals surface area contributed by atoms with Crippen molar-refractivity contribution in [3.05, 3.63) is 54.2 Å². The molecule has 2 aromatic carbocycles. The number of nitrogens with zero attached hydrogens (tertiary/aromatic N) is 2. The zero-order chi connectivity index (χ0) is 13.2. The van der Waals surface area contributed by atoms with Crippen molar-refractivity contribution in [1.82, 2.24) is 9.97 Å². The Hall–Kier alpha value is -2.42. The summed E-state index contributed by atoms with van der Waals surface area (Å²) in [6.45, 7) is 1.98. The molecule has 0 radical (unpaired) electrons. The number of benzene rings is 2. The van der Waals surface area contributed by atoms with E-state index < -0.39 is 0 Å². The first kappa shape index (κ1) is 11.7. The zero-order valence-corrected chi connectivity index (χ0v) is 11.0. The van der Waals surface area contributed by atoms with Crippen LogP contribution in [0.25, 0.3) is 22.0 Å². The van der Waals surface area contributed by atoms with Crippen molar-refractivity contribution in [3.8, 4) is 11.3 Å². The summed E-state index contributed by atoms with van der Waals surface area (Å²) in [6, 6.07) is 16.6. The summed E-state index contributed by atoms with van der Waals surface area (Å²) in [5.41, 5.74) is 3.05. The molecule has 1 heterocycles. The Kier molecular flexibility index (Phi) is 2.88. The molecule has 0 aliphatic carbocycles. The van der Waals surface area contributed by atoms with E-state index in [1.54, 1.807) is 0 Å². The summed E-state index contributed by atoms with van der Waals surface area (Å²) in [5, 5.41) is 5.44. The molecule has 0 aliphatic heterocycles. The molecule has 0 bridgehead atoms. The van der Waals surface area contributed by atoms with Crippen LogP contribution in [0.1, 0.15) is 5.69 Å². The minimum atomic E-state index is 0.655. The molecule has 3 rings (SSSR count). The average Bonchev–Trinajstić information content (AvgIpc) is 2.46. The van der Waals surface area contributed by atoms with Gasteiger partial charge in [0, 0.05) is 18.3 Å². The lowest BCUT2D eigenvalue weighted by molar-refractivity contribution is 1.10. The number of aryl methyl sites for hydroxylation is 1. The predicted molar refractivity (Wildman–Crippen MR) is 79.3 cm³/mol. The van der Waals surface area contributed by atoms with Crippen LogP contribution < -0.4 is 5.32 Å². The Morgan fingerprint density at radius 1 is 0.947 bits per heavy atom. The molecule has 0 saturated carbocycles. The Balaban J connectivity index is 2.27. The molecule has 3 heteroatoms. The molecule has 94 valence electrons. The highest BCUT2D eigenvalue weighted by Crippen LogP contribution is 2.27. The summed E-state index contributed by atoms with van der Waals surface area (Å²) in [6.07, 6.45) is 0. The fourth-order valence-corrected chi connectivity index (χ4v) is 2.27. The molecule has 3 nitrogen and oxygen atoms in total. The summed E-state index contributed by atoms with van der Waals surface area (Å²) < 4.78 is 0. The van der Waals surface area contributed by atoms with Crippen LogP contribution in [0.4, 0.5) is 5.95 Å². The van der Waals surface area contributed by atoms with Crippen LogP contribution in [0.5, 0.6) is 0 Å². The molecule has 0 fully saturated rings. The van der Waals surface area contributed by atoms with Crippen molar-refractivity contribution in [2.75, 3.05) is 12.4 Å². The van der Waals surface area contributed by atoms with Gasteiger partial charge in [0.2, 0.25) is 5.95 Å². The van der Waals surface area contributed by atoms with Crippen molar-refractivity contribution < 1.29 is 0 Å². The number of hydrogen-bond donors (Lipinski definition) is 1. The van der Waals surface area contributed by atoms with E-state index in [1.165, 1.54) is 10.8 Å². The van der Waals surface area contributed by atoms with Crippen molar-refractivity contribution in [3.63, 3.8) is 0 Å². The van der Waals surface area contributed by atoms with Gasteiger partial charge in [0.1, 0.15) is 0 Å². The van der Waals surface area contributed by atoms with Crippen molar-refractivity contribution >= 4 is 16.7 Å². The van der Waals surface area contributed by atoms with Gasteiger partial charge in [-0.15, -0.1) is 0 Å². The summed E-state index contributed by atoms with van der Waals surface area (Å²) in [7, 11) is 1.83. The number of rotatable bonds is 2. The predicted octanol–water partition coefficient (Wildman–Crippen LogP) is 3.65. The lowest BCUT2D eigenvalue weighted by Crippen LogP contribution is -1.99. The maximum absolute atomic E-state index is 4.55. The third-order valence-corrected chi connectivity index (χ3v) is 3.14. The highest BCUT2D eigenvalue weighted by molar-refractivity contribution is 5.95. The van der Waals surface area contributed by atoms with E-state index in [9.17, 15) is 0 Å². The van der Waals surface area contributed by atoms with Gasteiger partial charge in [0.05, 0.1) is 5.69 Å². The van der Waals surface area contributed by atoms with Crippen LogP contribution in [-0.4, -0.2) is 17.0 Å². The maximum Gasteiger partial charge on any atom is 0.223 e. The first-order valence-corrected chi connectivity index (χ1v) is 6.29. The van der Waals surface area contributed by atoms with Gasteiger partial charge in [-0.05, 0) is 23.8 Å². The highest BCUT2D eigenvalue weighted by atomic mass is 15.1. The molecule has 19 heavy (non-hydrogen) atoms.